The van der Waals surface area contributed by atoms with Crippen molar-refractivity contribution in [3.63, 3.8) is 0 Å². The van der Waals surface area contributed by atoms with Crippen LogP contribution in [-0.2, 0) is 0 Å². The molecule has 2 fully saturated rings. The first-order chi connectivity index (χ1) is 5.93. The molecule has 0 heteroatoms. The van der Waals surface area contributed by atoms with Gasteiger partial charge in [-0.2, -0.15) is 0 Å². The van der Waals surface area contributed by atoms with Crippen molar-refractivity contribution in [3.05, 3.63) is 23.3 Å². The molecule has 12 heavy (non-hydrogen) atoms. The van der Waals surface area contributed by atoms with Crippen LogP contribution in [0.25, 0.3) is 0 Å². The molecule has 0 aromatic heterocycles. The van der Waals surface area contributed by atoms with Crippen LogP contribution in [0.3, 0.4) is 0 Å². The second kappa shape index (κ2) is 2.48. The molecule has 0 saturated heterocycles. The predicted octanol–water partition coefficient (Wildman–Crippen LogP) is 3.45. The molecular weight excluding hydrogens is 144 g/mol. The van der Waals surface area contributed by atoms with Gasteiger partial charge in [0.25, 0.3) is 0 Å². The van der Waals surface area contributed by atoms with Crippen molar-refractivity contribution in [2.45, 2.75) is 38.5 Å². The molecule has 3 aliphatic rings. The summed E-state index contributed by atoms with van der Waals surface area (Å²) < 4.78 is 0. The fourth-order valence-electron chi connectivity index (χ4n) is 3.12. The molecule has 0 aliphatic heterocycles. The van der Waals surface area contributed by atoms with Crippen LogP contribution in [0.5, 0.6) is 0 Å². The minimum atomic E-state index is 0.932. The molecule has 0 heterocycles. The maximum absolute atomic E-state index is 2.60. The molecule has 2 atom stereocenters. The van der Waals surface area contributed by atoms with Gasteiger partial charge in [0.1, 0.15) is 0 Å². The Balaban J connectivity index is 1.97. The molecule has 0 aromatic carbocycles. The number of hydrogen-bond acceptors (Lipinski definition) is 0. The van der Waals surface area contributed by atoms with E-state index in [4.69, 9.17) is 0 Å². The molecule has 2 saturated carbocycles. The molecule has 0 nitrogen and oxygen atoms in total. The molecule has 0 aromatic rings. The third kappa shape index (κ3) is 0.903. The van der Waals surface area contributed by atoms with Crippen LogP contribution < -0.4 is 0 Å². The zero-order valence-corrected chi connectivity index (χ0v) is 7.55. The highest BCUT2D eigenvalue weighted by Crippen LogP contribution is 2.44. The highest BCUT2D eigenvalue weighted by molar-refractivity contribution is 5.39. The van der Waals surface area contributed by atoms with E-state index in [9.17, 15) is 0 Å². The molecule has 64 valence electrons. The van der Waals surface area contributed by atoms with Gasteiger partial charge in [-0.05, 0) is 55.1 Å². The second-order valence-electron chi connectivity index (χ2n) is 4.50. The van der Waals surface area contributed by atoms with E-state index in [-0.39, 0.29) is 0 Å². The lowest BCUT2D eigenvalue weighted by atomic mass is 9.85. The van der Waals surface area contributed by atoms with Crippen LogP contribution in [-0.4, -0.2) is 0 Å². The molecule has 0 amide bonds. The molecule has 2 unspecified atom stereocenters. The summed E-state index contributed by atoms with van der Waals surface area (Å²) in [5.74, 6) is 1.86. The van der Waals surface area contributed by atoms with Gasteiger partial charge in [0.15, 0.2) is 0 Å². The summed E-state index contributed by atoms with van der Waals surface area (Å²) in [5, 5.41) is 0. The molecule has 0 radical (unpaired) electrons. The summed E-state index contributed by atoms with van der Waals surface area (Å²) in [6, 6.07) is 0. The predicted molar refractivity (Wildman–Crippen MR) is 50.8 cm³/mol. The van der Waals surface area contributed by atoms with E-state index in [0.29, 0.717) is 0 Å². The van der Waals surface area contributed by atoms with E-state index in [0.717, 1.165) is 11.8 Å². The molecule has 0 N–H and O–H groups in total. The largest absolute Gasteiger partial charge is 0.0773 e. The van der Waals surface area contributed by atoms with Gasteiger partial charge >= 0.3 is 0 Å². The molecule has 0 spiro atoms. The molecular formula is C12H16. The third-order valence-corrected chi connectivity index (χ3v) is 3.76. The van der Waals surface area contributed by atoms with Gasteiger partial charge in [-0.1, -0.05) is 18.6 Å². The topological polar surface area (TPSA) is 0 Å². The fraction of sp³-hybridized carbons (Fsp3) is 0.667. The summed E-state index contributed by atoms with van der Waals surface area (Å²) in [5.41, 5.74) is 3.41. The molecule has 0 bridgehead atoms. The van der Waals surface area contributed by atoms with Crippen LogP contribution >= 0.6 is 0 Å². The van der Waals surface area contributed by atoms with E-state index < -0.39 is 0 Å². The van der Waals surface area contributed by atoms with Gasteiger partial charge in [-0.15, -0.1) is 0 Å². The summed E-state index contributed by atoms with van der Waals surface area (Å²) in [7, 11) is 0. The van der Waals surface area contributed by atoms with Gasteiger partial charge in [-0.3, -0.25) is 0 Å². The van der Waals surface area contributed by atoms with E-state index >= 15 is 0 Å². The molecule has 3 aliphatic carbocycles. The second-order valence-corrected chi connectivity index (χ2v) is 4.50. The first-order valence-corrected chi connectivity index (χ1v) is 5.35. The summed E-state index contributed by atoms with van der Waals surface area (Å²) in [6.07, 6.45) is 13.7. The highest BCUT2D eigenvalue weighted by atomic mass is 14.3. The number of rotatable bonds is 0. The summed E-state index contributed by atoms with van der Waals surface area (Å²) >= 11 is 0. The summed E-state index contributed by atoms with van der Waals surface area (Å²) in [6.45, 7) is 0. The Kier molecular flexibility index (Phi) is 1.44. The monoisotopic (exact) mass is 160 g/mol. The number of fused-ring (bicyclic) bond motifs is 2. The maximum Gasteiger partial charge on any atom is -0.0164 e. The van der Waals surface area contributed by atoms with Crippen LogP contribution in [0.2, 0.25) is 0 Å². The average Bonchev–Trinajstić information content (AvgIpc) is 2.64. The van der Waals surface area contributed by atoms with E-state index in [1.54, 1.807) is 11.1 Å². The van der Waals surface area contributed by atoms with Crippen molar-refractivity contribution in [1.29, 1.82) is 0 Å². The van der Waals surface area contributed by atoms with Crippen LogP contribution in [0.4, 0.5) is 0 Å². The normalized spacial score (nSPS) is 38.7. The lowest BCUT2D eigenvalue weighted by Crippen LogP contribution is -2.08. The van der Waals surface area contributed by atoms with Crippen molar-refractivity contribution < 1.29 is 0 Å². The highest BCUT2D eigenvalue weighted by Gasteiger charge is 2.29. The Labute approximate surface area is 74.4 Å². The zero-order chi connectivity index (χ0) is 7.97. The first kappa shape index (κ1) is 6.94. The lowest BCUT2D eigenvalue weighted by molar-refractivity contribution is 0.544. The summed E-state index contributed by atoms with van der Waals surface area (Å²) in [4.78, 5) is 0. The SMILES string of the molecule is C1=C2CCCC2=CC2CCCC12. The van der Waals surface area contributed by atoms with Gasteiger partial charge in [-0.25, -0.2) is 0 Å². The quantitative estimate of drug-likeness (QED) is 0.509. The van der Waals surface area contributed by atoms with Gasteiger partial charge in [0.05, 0.1) is 0 Å². The molecule has 3 rings (SSSR count). The van der Waals surface area contributed by atoms with Crippen LogP contribution in [0.15, 0.2) is 23.3 Å². The van der Waals surface area contributed by atoms with Crippen molar-refractivity contribution in [2.24, 2.45) is 11.8 Å². The van der Waals surface area contributed by atoms with Crippen molar-refractivity contribution in [3.8, 4) is 0 Å². The van der Waals surface area contributed by atoms with Gasteiger partial charge in [0.2, 0.25) is 0 Å². The van der Waals surface area contributed by atoms with E-state index in [1.165, 1.54) is 38.5 Å². The van der Waals surface area contributed by atoms with Gasteiger partial charge < -0.3 is 0 Å². The smallest absolute Gasteiger partial charge is 0.0164 e. The Bertz CT molecular complexity index is 231. The lowest BCUT2D eigenvalue weighted by Gasteiger charge is -2.20. The Morgan fingerprint density at radius 1 is 0.833 bits per heavy atom. The van der Waals surface area contributed by atoms with Crippen LogP contribution in [0.1, 0.15) is 38.5 Å². The van der Waals surface area contributed by atoms with Gasteiger partial charge in [0, 0.05) is 0 Å². The number of allylic oxidation sites excluding steroid dienone is 4. The van der Waals surface area contributed by atoms with E-state index in [2.05, 4.69) is 12.2 Å². The fourth-order valence-corrected chi connectivity index (χ4v) is 3.12. The standard InChI is InChI=1S/C12H16/c1-3-9-7-11-5-2-6-12(11)8-10(9)4-1/h7-10H,1-6H2. The van der Waals surface area contributed by atoms with E-state index in [1.807, 2.05) is 0 Å². The zero-order valence-electron chi connectivity index (χ0n) is 7.55. The van der Waals surface area contributed by atoms with Crippen molar-refractivity contribution >= 4 is 0 Å². The van der Waals surface area contributed by atoms with Crippen molar-refractivity contribution in [2.75, 3.05) is 0 Å². The number of hydrogen-bond donors (Lipinski definition) is 0. The first-order valence-electron chi connectivity index (χ1n) is 5.35. The average molecular weight is 160 g/mol. The Morgan fingerprint density at radius 3 is 2.00 bits per heavy atom. The Morgan fingerprint density at radius 2 is 1.42 bits per heavy atom. The minimum Gasteiger partial charge on any atom is -0.0773 e. The Hall–Kier alpha value is -0.520. The maximum atomic E-state index is 2.60. The minimum absolute atomic E-state index is 0.932. The third-order valence-electron chi connectivity index (χ3n) is 3.76. The van der Waals surface area contributed by atoms with Crippen molar-refractivity contribution in [1.82, 2.24) is 0 Å². The van der Waals surface area contributed by atoms with Crippen LogP contribution in [0, 0.1) is 11.8 Å².